The number of benzene rings is 1. The molecule has 0 bridgehead atoms. The highest BCUT2D eigenvalue weighted by Crippen LogP contribution is 2.29. The summed E-state index contributed by atoms with van der Waals surface area (Å²) in [6, 6.07) is 8.85. The van der Waals surface area contributed by atoms with Crippen molar-refractivity contribution in [2.45, 2.75) is 18.9 Å². The van der Waals surface area contributed by atoms with Crippen molar-refractivity contribution in [3.8, 4) is 0 Å². The molecule has 1 saturated carbocycles. The zero-order chi connectivity index (χ0) is 13.9. The van der Waals surface area contributed by atoms with Crippen molar-refractivity contribution in [2.75, 3.05) is 31.1 Å². The third-order valence-corrected chi connectivity index (χ3v) is 4.06. The molecule has 2 aliphatic rings. The van der Waals surface area contributed by atoms with E-state index >= 15 is 0 Å². The van der Waals surface area contributed by atoms with Gasteiger partial charge < -0.3 is 10.0 Å². The molecule has 106 valence electrons. The summed E-state index contributed by atoms with van der Waals surface area (Å²) < 4.78 is 0. The van der Waals surface area contributed by atoms with Crippen LogP contribution in [0.4, 0.5) is 5.69 Å². The van der Waals surface area contributed by atoms with Gasteiger partial charge in [0, 0.05) is 44.0 Å². The van der Waals surface area contributed by atoms with Gasteiger partial charge >= 0.3 is 5.97 Å². The van der Waals surface area contributed by atoms with Gasteiger partial charge in [-0.15, -0.1) is 0 Å². The third-order valence-electron chi connectivity index (χ3n) is 4.06. The monoisotopic (exact) mass is 272 g/mol. The number of nitrogens with zero attached hydrogens (tertiary/aromatic N) is 2. The van der Waals surface area contributed by atoms with Crippen molar-refractivity contribution in [2.24, 2.45) is 0 Å². The summed E-state index contributed by atoms with van der Waals surface area (Å²) in [5.74, 6) is -0.904. The first kappa shape index (κ1) is 13.2. The van der Waals surface area contributed by atoms with Crippen LogP contribution in [-0.4, -0.2) is 48.2 Å². The van der Waals surface area contributed by atoms with Gasteiger partial charge in [-0.1, -0.05) is 18.2 Å². The lowest BCUT2D eigenvalue weighted by Crippen LogP contribution is -2.47. The van der Waals surface area contributed by atoms with Gasteiger partial charge in [0.25, 0.3) is 0 Å². The second kappa shape index (κ2) is 5.67. The summed E-state index contributed by atoms with van der Waals surface area (Å²) in [4.78, 5) is 15.6. The second-order valence-electron chi connectivity index (χ2n) is 5.48. The average Bonchev–Trinajstić information content (AvgIpc) is 3.30. The molecule has 1 heterocycles. The van der Waals surface area contributed by atoms with E-state index in [9.17, 15) is 4.79 Å². The van der Waals surface area contributed by atoms with Gasteiger partial charge in [-0.3, -0.25) is 4.90 Å². The Labute approximate surface area is 119 Å². The molecule has 2 fully saturated rings. The van der Waals surface area contributed by atoms with Gasteiger partial charge in [0.1, 0.15) is 0 Å². The summed E-state index contributed by atoms with van der Waals surface area (Å²) in [6.07, 6.45) is 5.61. The zero-order valence-corrected chi connectivity index (χ0v) is 11.5. The molecule has 20 heavy (non-hydrogen) atoms. The number of carboxylic acid groups (broad SMARTS) is 1. The number of carboxylic acids is 1. The largest absolute Gasteiger partial charge is 0.478 e. The Morgan fingerprint density at radius 2 is 1.85 bits per heavy atom. The van der Waals surface area contributed by atoms with Crippen LogP contribution in [0.5, 0.6) is 0 Å². The quantitative estimate of drug-likeness (QED) is 0.852. The van der Waals surface area contributed by atoms with E-state index in [-0.39, 0.29) is 0 Å². The van der Waals surface area contributed by atoms with Crippen molar-refractivity contribution in [1.82, 2.24) is 4.90 Å². The Bertz CT molecular complexity index is 515. The highest BCUT2D eigenvalue weighted by molar-refractivity contribution is 5.87. The fourth-order valence-electron chi connectivity index (χ4n) is 2.85. The van der Waals surface area contributed by atoms with Crippen molar-refractivity contribution < 1.29 is 9.90 Å². The van der Waals surface area contributed by atoms with E-state index in [1.54, 1.807) is 6.08 Å². The molecule has 1 aromatic carbocycles. The number of carbonyl (C=O) groups is 1. The number of rotatable bonds is 4. The first-order valence-corrected chi connectivity index (χ1v) is 7.23. The van der Waals surface area contributed by atoms with Gasteiger partial charge in [0.15, 0.2) is 0 Å². The maximum Gasteiger partial charge on any atom is 0.328 e. The minimum absolute atomic E-state index is 0.833. The average molecular weight is 272 g/mol. The number of para-hydroxylation sites is 1. The number of hydrogen-bond donors (Lipinski definition) is 1. The first-order chi connectivity index (χ1) is 9.74. The summed E-state index contributed by atoms with van der Waals surface area (Å²) in [6.45, 7) is 4.27. The predicted molar refractivity (Wildman–Crippen MR) is 79.9 cm³/mol. The molecule has 0 radical (unpaired) electrons. The lowest BCUT2D eigenvalue weighted by molar-refractivity contribution is -0.131. The summed E-state index contributed by atoms with van der Waals surface area (Å²) in [5, 5.41) is 8.77. The van der Waals surface area contributed by atoms with Crippen LogP contribution in [-0.2, 0) is 4.79 Å². The van der Waals surface area contributed by atoms with Crippen LogP contribution < -0.4 is 4.90 Å². The Hall–Kier alpha value is -1.81. The number of piperazine rings is 1. The molecule has 4 nitrogen and oxygen atoms in total. The van der Waals surface area contributed by atoms with Crippen LogP contribution in [0.25, 0.3) is 6.08 Å². The van der Waals surface area contributed by atoms with E-state index in [1.165, 1.54) is 18.9 Å². The highest BCUT2D eigenvalue weighted by atomic mass is 16.4. The highest BCUT2D eigenvalue weighted by Gasteiger charge is 2.31. The van der Waals surface area contributed by atoms with Crippen molar-refractivity contribution in [1.29, 1.82) is 0 Å². The van der Waals surface area contributed by atoms with E-state index in [0.29, 0.717) is 0 Å². The van der Waals surface area contributed by atoms with Crippen LogP contribution in [0.2, 0.25) is 0 Å². The lowest BCUT2D eigenvalue weighted by atomic mass is 10.1. The number of aliphatic carboxylic acids is 1. The minimum Gasteiger partial charge on any atom is -0.478 e. The van der Waals surface area contributed by atoms with E-state index in [0.717, 1.165) is 43.5 Å². The predicted octanol–water partition coefficient (Wildman–Crippen LogP) is 2.07. The summed E-state index contributed by atoms with van der Waals surface area (Å²) in [7, 11) is 0. The Kier molecular flexibility index (Phi) is 3.74. The summed E-state index contributed by atoms with van der Waals surface area (Å²) in [5.41, 5.74) is 2.12. The normalized spacial score (nSPS) is 20.5. The van der Waals surface area contributed by atoms with Crippen molar-refractivity contribution in [3.05, 3.63) is 35.9 Å². The van der Waals surface area contributed by atoms with E-state index in [1.807, 2.05) is 18.2 Å². The van der Waals surface area contributed by atoms with Gasteiger partial charge in [0.2, 0.25) is 0 Å². The molecular weight excluding hydrogens is 252 g/mol. The molecule has 1 saturated heterocycles. The van der Waals surface area contributed by atoms with E-state index in [4.69, 9.17) is 5.11 Å². The molecule has 3 rings (SSSR count). The first-order valence-electron chi connectivity index (χ1n) is 7.23. The smallest absolute Gasteiger partial charge is 0.328 e. The molecule has 1 N–H and O–H groups in total. The third kappa shape index (κ3) is 3.02. The Morgan fingerprint density at radius 3 is 2.50 bits per heavy atom. The van der Waals surface area contributed by atoms with Crippen molar-refractivity contribution >= 4 is 17.7 Å². The molecule has 1 aliphatic heterocycles. The fraction of sp³-hybridized carbons (Fsp3) is 0.438. The molecule has 0 amide bonds. The zero-order valence-electron chi connectivity index (χ0n) is 11.5. The molecule has 0 unspecified atom stereocenters. The van der Waals surface area contributed by atoms with E-state index < -0.39 is 5.97 Å². The molecule has 4 heteroatoms. The summed E-state index contributed by atoms with van der Waals surface area (Å²) >= 11 is 0. The van der Waals surface area contributed by atoms with Crippen molar-refractivity contribution in [3.63, 3.8) is 0 Å². The van der Waals surface area contributed by atoms with Gasteiger partial charge in [-0.25, -0.2) is 4.79 Å². The standard InChI is InChI=1S/C16H20N2O2/c19-16(20)8-5-13-3-1-2-4-15(13)18-11-9-17(10-12-18)14-6-7-14/h1-5,8,14H,6-7,9-12H2,(H,19,20). The number of anilines is 1. The number of hydrogen-bond acceptors (Lipinski definition) is 3. The molecule has 0 spiro atoms. The molecular formula is C16H20N2O2. The van der Waals surface area contributed by atoms with Gasteiger partial charge in [0.05, 0.1) is 0 Å². The lowest BCUT2D eigenvalue weighted by Gasteiger charge is -2.36. The second-order valence-corrected chi connectivity index (χ2v) is 5.48. The molecule has 1 aromatic rings. The Morgan fingerprint density at radius 1 is 1.15 bits per heavy atom. The van der Waals surface area contributed by atoms with Crippen LogP contribution in [0, 0.1) is 0 Å². The molecule has 0 atom stereocenters. The Balaban J connectivity index is 1.71. The van der Waals surface area contributed by atoms with Gasteiger partial charge in [-0.05, 0) is 30.5 Å². The maximum atomic E-state index is 10.7. The fourth-order valence-corrected chi connectivity index (χ4v) is 2.85. The van der Waals surface area contributed by atoms with Crippen LogP contribution in [0.15, 0.2) is 30.3 Å². The van der Waals surface area contributed by atoms with Crippen LogP contribution >= 0.6 is 0 Å². The SMILES string of the molecule is O=C(O)C=Cc1ccccc1N1CCN(C2CC2)CC1. The van der Waals surface area contributed by atoms with E-state index in [2.05, 4.69) is 15.9 Å². The maximum absolute atomic E-state index is 10.7. The topological polar surface area (TPSA) is 43.8 Å². The molecule has 1 aliphatic carbocycles. The van der Waals surface area contributed by atoms with Gasteiger partial charge in [-0.2, -0.15) is 0 Å². The minimum atomic E-state index is -0.904. The van der Waals surface area contributed by atoms with Crippen LogP contribution in [0.1, 0.15) is 18.4 Å². The van der Waals surface area contributed by atoms with Crippen LogP contribution in [0.3, 0.4) is 0 Å². The molecule has 0 aromatic heterocycles.